The van der Waals surface area contributed by atoms with Gasteiger partial charge in [-0.3, -0.25) is 0 Å². The fourth-order valence-electron chi connectivity index (χ4n) is 2.02. The van der Waals surface area contributed by atoms with Gasteiger partial charge in [0, 0.05) is 6.54 Å². The quantitative estimate of drug-likeness (QED) is 0.751. The molecule has 2 rings (SSSR count). The molecule has 0 unspecified atom stereocenters. The van der Waals surface area contributed by atoms with Crippen molar-refractivity contribution in [2.75, 3.05) is 26.5 Å². The first-order valence-electron chi connectivity index (χ1n) is 6.49. The van der Waals surface area contributed by atoms with E-state index in [-0.39, 0.29) is 0 Å². The average Bonchev–Trinajstić information content (AvgIpc) is 2.75. The normalized spacial score (nSPS) is 11.0. The summed E-state index contributed by atoms with van der Waals surface area (Å²) in [6, 6.07) is 8.10. The molecule has 21 heavy (non-hydrogen) atoms. The van der Waals surface area contributed by atoms with Crippen LogP contribution in [0.15, 0.2) is 37.8 Å². The van der Waals surface area contributed by atoms with Gasteiger partial charge in [-0.2, -0.15) is 0 Å². The number of furan rings is 1. The summed E-state index contributed by atoms with van der Waals surface area (Å²) in [6.45, 7) is 1.47. The van der Waals surface area contributed by atoms with Gasteiger partial charge >= 0.3 is 0 Å². The monoisotopic (exact) mass is 416 g/mol. The lowest BCUT2D eigenvalue weighted by atomic mass is 10.1. The smallest absolute Gasteiger partial charge is 0.183 e. The van der Waals surface area contributed by atoms with E-state index in [4.69, 9.17) is 9.15 Å². The van der Waals surface area contributed by atoms with Crippen LogP contribution >= 0.6 is 31.9 Å². The highest BCUT2D eigenvalue weighted by Gasteiger charge is 2.09. The van der Waals surface area contributed by atoms with Crippen molar-refractivity contribution < 1.29 is 9.15 Å². The molecule has 0 aliphatic rings. The van der Waals surface area contributed by atoms with Gasteiger partial charge in [-0.05, 0) is 69.7 Å². The fraction of sp³-hybridized carbons (Fsp3) is 0.333. The lowest BCUT2D eigenvalue weighted by Gasteiger charge is -2.14. The maximum Gasteiger partial charge on any atom is 0.183 e. The number of rotatable bonds is 6. The largest absolute Gasteiger partial charge is 0.495 e. The van der Waals surface area contributed by atoms with E-state index in [0.29, 0.717) is 11.2 Å². The molecule has 0 bridgehead atoms. The van der Waals surface area contributed by atoms with Crippen LogP contribution in [0, 0.1) is 0 Å². The Morgan fingerprint density at radius 1 is 1.24 bits per heavy atom. The fourth-order valence-corrected chi connectivity index (χ4v) is 2.68. The second kappa shape index (κ2) is 7.33. The predicted octanol–water partition coefficient (Wildman–Crippen LogP) is 4.49. The van der Waals surface area contributed by atoms with Crippen LogP contribution in [-0.2, 0) is 13.1 Å². The molecule has 1 heterocycles. The van der Waals surface area contributed by atoms with E-state index in [0.717, 1.165) is 28.2 Å². The Balaban J connectivity index is 2.13. The highest BCUT2D eigenvalue weighted by atomic mass is 79.9. The second-order valence-corrected chi connectivity index (χ2v) is 6.53. The molecular formula is C15H18Br2N2O2. The Bertz CT molecular complexity index is 592. The SMILES string of the molecule is COc1ccc(CN(C)C)cc1NCc1cc(Br)c(Br)o1. The van der Waals surface area contributed by atoms with Crippen LogP contribution in [0.2, 0.25) is 0 Å². The minimum absolute atomic E-state index is 0.589. The van der Waals surface area contributed by atoms with Crippen LogP contribution < -0.4 is 10.1 Å². The summed E-state index contributed by atoms with van der Waals surface area (Å²) >= 11 is 6.75. The molecule has 114 valence electrons. The Kier molecular flexibility index (Phi) is 5.72. The Labute approximate surface area is 141 Å². The number of nitrogens with one attached hydrogen (secondary N) is 1. The third-order valence-corrected chi connectivity index (χ3v) is 4.62. The Hall–Kier alpha value is -0.980. The lowest BCUT2D eigenvalue weighted by Crippen LogP contribution is -2.11. The van der Waals surface area contributed by atoms with E-state index in [1.165, 1.54) is 5.56 Å². The summed E-state index contributed by atoms with van der Waals surface area (Å²) in [5.41, 5.74) is 2.19. The van der Waals surface area contributed by atoms with Crippen molar-refractivity contribution in [3.8, 4) is 5.75 Å². The first kappa shape index (κ1) is 16.4. The van der Waals surface area contributed by atoms with Gasteiger partial charge in [-0.15, -0.1) is 0 Å². The van der Waals surface area contributed by atoms with Gasteiger partial charge in [-0.1, -0.05) is 6.07 Å². The Morgan fingerprint density at radius 3 is 2.57 bits per heavy atom. The molecule has 0 saturated carbocycles. The zero-order valence-corrected chi connectivity index (χ0v) is 15.4. The summed E-state index contributed by atoms with van der Waals surface area (Å²) in [7, 11) is 5.77. The number of benzene rings is 1. The van der Waals surface area contributed by atoms with Gasteiger partial charge in [0.1, 0.15) is 11.5 Å². The van der Waals surface area contributed by atoms with E-state index in [9.17, 15) is 0 Å². The highest BCUT2D eigenvalue weighted by molar-refractivity contribution is 9.13. The molecule has 1 aromatic heterocycles. The molecule has 0 spiro atoms. The van der Waals surface area contributed by atoms with Crippen molar-refractivity contribution in [3.63, 3.8) is 0 Å². The molecule has 0 aliphatic heterocycles. The summed E-state index contributed by atoms with van der Waals surface area (Å²) in [5.74, 6) is 1.66. The van der Waals surface area contributed by atoms with Gasteiger partial charge in [0.2, 0.25) is 0 Å². The summed E-state index contributed by atoms with van der Waals surface area (Å²) in [4.78, 5) is 2.13. The first-order chi connectivity index (χ1) is 9.99. The van der Waals surface area contributed by atoms with Crippen molar-refractivity contribution in [1.29, 1.82) is 0 Å². The van der Waals surface area contributed by atoms with Gasteiger partial charge in [0.25, 0.3) is 0 Å². The summed E-state index contributed by atoms with van der Waals surface area (Å²) < 4.78 is 12.6. The number of ether oxygens (including phenoxy) is 1. The summed E-state index contributed by atoms with van der Waals surface area (Å²) in [6.07, 6.45) is 0. The van der Waals surface area contributed by atoms with Gasteiger partial charge in [0.15, 0.2) is 4.67 Å². The maximum atomic E-state index is 5.56. The number of hydrogen-bond acceptors (Lipinski definition) is 4. The lowest BCUT2D eigenvalue weighted by molar-refractivity contribution is 0.400. The van der Waals surface area contributed by atoms with Crippen LogP contribution in [0.1, 0.15) is 11.3 Å². The number of halogens is 2. The molecular weight excluding hydrogens is 400 g/mol. The van der Waals surface area contributed by atoms with Crippen molar-refractivity contribution in [2.24, 2.45) is 0 Å². The van der Waals surface area contributed by atoms with Crippen LogP contribution in [0.5, 0.6) is 5.75 Å². The third kappa shape index (κ3) is 4.49. The van der Waals surface area contributed by atoms with Gasteiger partial charge < -0.3 is 19.4 Å². The van der Waals surface area contributed by atoms with E-state index < -0.39 is 0 Å². The molecule has 1 aromatic carbocycles. The van der Waals surface area contributed by atoms with Crippen LogP contribution in [0.4, 0.5) is 5.69 Å². The first-order valence-corrected chi connectivity index (χ1v) is 8.07. The molecule has 6 heteroatoms. The van der Waals surface area contributed by atoms with Gasteiger partial charge in [-0.25, -0.2) is 0 Å². The zero-order chi connectivity index (χ0) is 15.4. The molecule has 0 atom stereocenters. The molecule has 4 nitrogen and oxygen atoms in total. The molecule has 0 saturated heterocycles. The highest BCUT2D eigenvalue weighted by Crippen LogP contribution is 2.29. The molecule has 2 aromatic rings. The number of hydrogen-bond donors (Lipinski definition) is 1. The summed E-state index contributed by atoms with van der Waals surface area (Å²) in [5, 5.41) is 3.36. The van der Waals surface area contributed by atoms with Crippen molar-refractivity contribution >= 4 is 37.5 Å². The van der Waals surface area contributed by atoms with E-state index in [1.54, 1.807) is 7.11 Å². The van der Waals surface area contributed by atoms with E-state index in [2.05, 4.69) is 68.3 Å². The molecule has 0 amide bonds. The number of anilines is 1. The van der Waals surface area contributed by atoms with Crippen molar-refractivity contribution in [1.82, 2.24) is 4.90 Å². The predicted molar refractivity (Wildman–Crippen MR) is 91.8 cm³/mol. The van der Waals surface area contributed by atoms with E-state index >= 15 is 0 Å². The zero-order valence-electron chi connectivity index (χ0n) is 12.2. The molecule has 0 aliphatic carbocycles. The Morgan fingerprint density at radius 2 is 2.00 bits per heavy atom. The maximum absolute atomic E-state index is 5.56. The van der Waals surface area contributed by atoms with Crippen molar-refractivity contribution in [3.05, 3.63) is 44.7 Å². The minimum atomic E-state index is 0.589. The molecule has 0 radical (unpaired) electrons. The number of methoxy groups -OCH3 is 1. The minimum Gasteiger partial charge on any atom is -0.495 e. The van der Waals surface area contributed by atoms with Crippen LogP contribution in [-0.4, -0.2) is 26.1 Å². The van der Waals surface area contributed by atoms with Crippen LogP contribution in [0.3, 0.4) is 0 Å². The standard InChI is InChI=1S/C15H18Br2N2O2/c1-19(2)9-10-4-5-14(20-3)13(6-10)18-8-11-7-12(16)15(17)21-11/h4-7,18H,8-9H2,1-3H3. The van der Waals surface area contributed by atoms with Crippen molar-refractivity contribution in [2.45, 2.75) is 13.1 Å². The molecule has 0 fully saturated rings. The third-order valence-electron chi connectivity index (χ3n) is 2.91. The second-order valence-electron chi connectivity index (χ2n) is 4.96. The molecule has 1 N–H and O–H groups in total. The topological polar surface area (TPSA) is 37.6 Å². The van der Waals surface area contributed by atoms with E-state index in [1.807, 2.05) is 12.1 Å². The van der Waals surface area contributed by atoms with Gasteiger partial charge in [0.05, 0.1) is 23.8 Å². The average molecular weight is 418 g/mol. The van der Waals surface area contributed by atoms with Crippen LogP contribution in [0.25, 0.3) is 0 Å². The number of nitrogens with zero attached hydrogens (tertiary/aromatic N) is 1.